The van der Waals surface area contributed by atoms with Crippen LogP contribution in [0.1, 0.15) is 43.5 Å². The number of hydrogen-bond acceptors (Lipinski definition) is 5. The normalized spacial score (nSPS) is 25.0. The van der Waals surface area contributed by atoms with Crippen LogP contribution >= 0.6 is 0 Å². The van der Waals surface area contributed by atoms with E-state index in [1.54, 1.807) is 52.1 Å². The Morgan fingerprint density at radius 3 is 2.50 bits per heavy atom. The number of carbonyl (C=O) groups excluding carboxylic acids is 1. The van der Waals surface area contributed by atoms with Crippen LogP contribution in [0.25, 0.3) is 0 Å². The van der Waals surface area contributed by atoms with Gasteiger partial charge in [0.05, 0.1) is 24.7 Å². The monoisotopic (exact) mass is 360 g/mol. The number of benzene rings is 1. The molecule has 140 valence electrons. The Balaban J connectivity index is 2.16. The molecule has 0 spiro atoms. The van der Waals surface area contributed by atoms with E-state index in [4.69, 9.17) is 9.47 Å². The van der Waals surface area contributed by atoms with Crippen molar-refractivity contribution < 1.29 is 19.4 Å². The lowest BCUT2D eigenvalue weighted by atomic mass is 9.66. The van der Waals surface area contributed by atoms with Crippen molar-refractivity contribution in [3.05, 3.63) is 51.4 Å². The van der Waals surface area contributed by atoms with Crippen LogP contribution in [0, 0.1) is 5.92 Å². The predicted molar refractivity (Wildman–Crippen MR) is 95.3 cm³/mol. The predicted octanol–water partition coefficient (Wildman–Crippen LogP) is 1.72. The first-order valence-electron chi connectivity index (χ1n) is 8.61. The minimum Gasteiger partial charge on any atom is -0.497 e. The first-order chi connectivity index (χ1) is 12.2. The van der Waals surface area contributed by atoms with Crippen LogP contribution < -0.4 is 10.3 Å². The van der Waals surface area contributed by atoms with Crippen molar-refractivity contribution in [1.29, 1.82) is 0 Å². The second-order valence-corrected chi connectivity index (χ2v) is 7.22. The standard InChI is InChI=1S/C19H24N2O5/c1-10(2)26-18(23)16-14(11-5-7-12(25-4)8-6-11)15-13(9-19(16,3)24)20-21-17(15)22/h5-8,10,14,16,24H,9H2,1-4H3,(H2,20,21,22)/t14-,16+,19+/m1/s1. The molecule has 0 unspecified atom stereocenters. The van der Waals surface area contributed by atoms with Crippen LogP contribution in [0.3, 0.4) is 0 Å². The van der Waals surface area contributed by atoms with Crippen LogP contribution in [-0.4, -0.2) is 40.1 Å². The van der Waals surface area contributed by atoms with E-state index in [1.807, 2.05) is 0 Å². The van der Waals surface area contributed by atoms with Gasteiger partial charge in [-0.05, 0) is 38.5 Å². The second-order valence-electron chi connectivity index (χ2n) is 7.22. The van der Waals surface area contributed by atoms with Gasteiger partial charge in [-0.15, -0.1) is 0 Å². The van der Waals surface area contributed by atoms with Crippen molar-refractivity contribution in [3.63, 3.8) is 0 Å². The highest BCUT2D eigenvalue weighted by molar-refractivity contribution is 5.77. The van der Waals surface area contributed by atoms with E-state index < -0.39 is 23.4 Å². The lowest BCUT2D eigenvalue weighted by Crippen LogP contribution is -2.50. The Kier molecular flexibility index (Phi) is 4.66. The number of aromatic nitrogens is 2. The molecular weight excluding hydrogens is 336 g/mol. The maximum Gasteiger partial charge on any atom is 0.313 e. The van der Waals surface area contributed by atoms with Gasteiger partial charge in [0, 0.05) is 23.6 Å². The summed E-state index contributed by atoms with van der Waals surface area (Å²) in [6.07, 6.45) is -0.160. The van der Waals surface area contributed by atoms with Gasteiger partial charge in [-0.25, -0.2) is 0 Å². The largest absolute Gasteiger partial charge is 0.497 e. The third-order valence-corrected chi connectivity index (χ3v) is 4.83. The summed E-state index contributed by atoms with van der Waals surface area (Å²) in [7, 11) is 1.57. The zero-order valence-corrected chi connectivity index (χ0v) is 15.3. The van der Waals surface area contributed by atoms with Crippen molar-refractivity contribution >= 4 is 5.97 Å². The number of esters is 1. The molecule has 7 nitrogen and oxygen atoms in total. The van der Waals surface area contributed by atoms with E-state index >= 15 is 0 Å². The molecule has 1 aliphatic rings. The fourth-order valence-electron chi connectivity index (χ4n) is 3.73. The summed E-state index contributed by atoms with van der Waals surface area (Å²) in [6, 6.07) is 7.14. The average Bonchev–Trinajstić information content (AvgIpc) is 2.92. The molecule has 0 radical (unpaired) electrons. The number of nitrogens with one attached hydrogen (secondary N) is 2. The summed E-state index contributed by atoms with van der Waals surface area (Å²) in [4.78, 5) is 25.3. The Morgan fingerprint density at radius 1 is 1.27 bits per heavy atom. The van der Waals surface area contributed by atoms with Gasteiger partial charge in [0.1, 0.15) is 5.75 Å². The molecule has 3 rings (SSSR count). The number of methoxy groups -OCH3 is 1. The maximum atomic E-state index is 12.8. The second kappa shape index (κ2) is 6.64. The topological polar surface area (TPSA) is 104 Å². The van der Waals surface area contributed by atoms with E-state index in [1.165, 1.54) is 0 Å². The van der Waals surface area contributed by atoms with Gasteiger partial charge >= 0.3 is 5.97 Å². The average molecular weight is 360 g/mol. The zero-order valence-electron chi connectivity index (χ0n) is 15.3. The highest BCUT2D eigenvalue weighted by Gasteiger charge is 2.51. The van der Waals surface area contributed by atoms with Crippen molar-refractivity contribution in [2.45, 2.75) is 44.8 Å². The fourth-order valence-corrected chi connectivity index (χ4v) is 3.73. The molecule has 1 aromatic carbocycles. The lowest BCUT2D eigenvalue weighted by molar-refractivity contribution is -0.163. The molecule has 0 fully saturated rings. The van der Waals surface area contributed by atoms with Crippen molar-refractivity contribution in [2.75, 3.05) is 7.11 Å². The molecule has 7 heteroatoms. The molecule has 26 heavy (non-hydrogen) atoms. The van der Waals surface area contributed by atoms with Crippen molar-refractivity contribution in [2.24, 2.45) is 5.92 Å². The molecule has 0 aliphatic heterocycles. The summed E-state index contributed by atoms with van der Waals surface area (Å²) in [5.74, 6) is -1.37. The number of H-pyrrole nitrogens is 2. The van der Waals surface area contributed by atoms with Gasteiger partial charge in [-0.3, -0.25) is 14.7 Å². The van der Waals surface area contributed by atoms with E-state index in [2.05, 4.69) is 10.2 Å². The quantitative estimate of drug-likeness (QED) is 0.720. The van der Waals surface area contributed by atoms with Gasteiger partial charge in [-0.2, -0.15) is 0 Å². The highest BCUT2D eigenvalue weighted by atomic mass is 16.5. The Morgan fingerprint density at radius 2 is 1.92 bits per heavy atom. The van der Waals surface area contributed by atoms with Gasteiger partial charge < -0.3 is 19.7 Å². The smallest absolute Gasteiger partial charge is 0.313 e. The first-order valence-corrected chi connectivity index (χ1v) is 8.61. The van der Waals surface area contributed by atoms with Crippen LogP contribution in [0.5, 0.6) is 5.75 Å². The van der Waals surface area contributed by atoms with E-state index in [0.717, 1.165) is 5.56 Å². The van der Waals surface area contributed by atoms with Crippen molar-refractivity contribution in [3.8, 4) is 5.75 Å². The SMILES string of the molecule is COc1ccc([C@@H]2c3c([nH][nH]c3=O)C[C@](C)(O)[C@@H]2C(=O)OC(C)C)cc1. The summed E-state index contributed by atoms with van der Waals surface area (Å²) in [6.45, 7) is 5.11. The number of fused-ring (bicyclic) bond motifs is 1. The summed E-state index contributed by atoms with van der Waals surface area (Å²) < 4.78 is 10.6. The van der Waals surface area contributed by atoms with Gasteiger partial charge in [0.2, 0.25) is 0 Å². The molecule has 3 N–H and O–H groups in total. The molecule has 2 aromatic rings. The molecule has 0 bridgehead atoms. The molecule has 1 heterocycles. The zero-order chi connectivity index (χ0) is 19.1. The van der Waals surface area contributed by atoms with E-state index in [9.17, 15) is 14.7 Å². The minimum atomic E-state index is -1.37. The summed E-state index contributed by atoms with van der Waals surface area (Å²) in [5.41, 5.74) is 0.151. The third kappa shape index (κ3) is 3.14. The summed E-state index contributed by atoms with van der Waals surface area (Å²) >= 11 is 0. The molecule has 1 aromatic heterocycles. The molecule has 0 saturated carbocycles. The van der Waals surface area contributed by atoms with Gasteiger partial charge in [-0.1, -0.05) is 12.1 Å². The number of aromatic amines is 2. The molecule has 0 saturated heterocycles. The lowest BCUT2D eigenvalue weighted by Gasteiger charge is -2.40. The third-order valence-electron chi connectivity index (χ3n) is 4.83. The molecule has 3 atom stereocenters. The van der Waals surface area contributed by atoms with E-state index in [-0.39, 0.29) is 18.1 Å². The Hall–Kier alpha value is -2.54. The highest BCUT2D eigenvalue weighted by Crippen LogP contribution is 2.44. The first kappa shape index (κ1) is 18.3. The van der Waals surface area contributed by atoms with Crippen LogP contribution in [-0.2, 0) is 16.0 Å². The Bertz CT molecular complexity index is 848. The number of carbonyl (C=O) groups is 1. The minimum absolute atomic E-state index is 0.158. The number of aliphatic hydroxyl groups is 1. The molecular formula is C19H24N2O5. The molecule has 1 aliphatic carbocycles. The number of ether oxygens (including phenoxy) is 2. The van der Waals surface area contributed by atoms with Crippen molar-refractivity contribution in [1.82, 2.24) is 10.2 Å². The van der Waals surface area contributed by atoms with Gasteiger partial charge in [0.15, 0.2) is 0 Å². The van der Waals surface area contributed by atoms with Gasteiger partial charge in [0.25, 0.3) is 5.56 Å². The number of hydrogen-bond donors (Lipinski definition) is 3. The number of rotatable bonds is 4. The van der Waals surface area contributed by atoms with E-state index in [0.29, 0.717) is 17.0 Å². The van der Waals surface area contributed by atoms with Crippen LogP contribution in [0.15, 0.2) is 29.1 Å². The summed E-state index contributed by atoms with van der Waals surface area (Å²) in [5, 5.41) is 16.4. The van der Waals surface area contributed by atoms with Crippen LogP contribution in [0.2, 0.25) is 0 Å². The fraction of sp³-hybridized carbons (Fsp3) is 0.474. The molecule has 0 amide bonds. The van der Waals surface area contributed by atoms with Crippen LogP contribution in [0.4, 0.5) is 0 Å². The maximum absolute atomic E-state index is 12.8. The Labute approximate surface area is 151 Å².